The van der Waals surface area contributed by atoms with Crippen molar-refractivity contribution in [2.45, 2.75) is 5.92 Å². The molecule has 1 aromatic rings. The number of rotatable bonds is 2. The highest BCUT2D eigenvalue weighted by Gasteiger charge is 2.37. The summed E-state index contributed by atoms with van der Waals surface area (Å²) in [6, 6.07) is 7.78. The third-order valence-corrected chi connectivity index (χ3v) is 3.60. The van der Waals surface area contributed by atoms with E-state index in [1.165, 1.54) is 0 Å². The molecule has 1 aromatic carbocycles. The fraction of sp³-hybridized carbons (Fsp3) is 0.462. The number of amides is 1. The molecule has 0 spiro atoms. The molecule has 1 fully saturated rings. The summed E-state index contributed by atoms with van der Waals surface area (Å²) in [4.78, 5) is 14.1. The summed E-state index contributed by atoms with van der Waals surface area (Å²) in [6.45, 7) is 2.74. The monoisotopic (exact) mass is 232 g/mol. The van der Waals surface area contributed by atoms with Crippen LogP contribution in [-0.4, -0.2) is 37.0 Å². The van der Waals surface area contributed by atoms with Gasteiger partial charge in [-0.2, -0.15) is 0 Å². The zero-order chi connectivity index (χ0) is 11.8. The first-order valence-corrected chi connectivity index (χ1v) is 6.00. The van der Waals surface area contributed by atoms with Crippen molar-refractivity contribution >= 4 is 5.91 Å². The lowest BCUT2D eigenvalue weighted by molar-refractivity contribution is -0.139. The lowest BCUT2D eigenvalue weighted by Gasteiger charge is -2.39. The molecule has 1 unspecified atom stereocenters. The van der Waals surface area contributed by atoms with Crippen LogP contribution in [0.15, 0.2) is 24.3 Å². The van der Waals surface area contributed by atoms with Crippen LogP contribution in [0.1, 0.15) is 11.5 Å². The van der Waals surface area contributed by atoms with Gasteiger partial charge in [0.05, 0.1) is 0 Å². The summed E-state index contributed by atoms with van der Waals surface area (Å²) in [5, 5.41) is 0. The Morgan fingerprint density at radius 3 is 2.94 bits per heavy atom. The molecular weight excluding hydrogens is 216 g/mol. The van der Waals surface area contributed by atoms with Crippen LogP contribution in [0.3, 0.4) is 0 Å². The third kappa shape index (κ3) is 1.69. The van der Waals surface area contributed by atoms with Crippen molar-refractivity contribution in [3.8, 4) is 5.75 Å². The smallest absolute Gasteiger partial charge is 0.233 e. The number of carbonyl (C=O) groups excluding carboxylic acids is 1. The first kappa shape index (κ1) is 10.6. The van der Waals surface area contributed by atoms with Gasteiger partial charge in [-0.3, -0.25) is 4.79 Å². The maximum Gasteiger partial charge on any atom is 0.233 e. The van der Waals surface area contributed by atoms with Gasteiger partial charge in [0.15, 0.2) is 0 Å². The maximum atomic E-state index is 12.3. The van der Waals surface area contributed by atoms with Crippen LogP contribution in [0.5, 0.6) is 5.75 Å². The number of nitrogens with two attached hydrogens (primary N) is 1. The van der Waals surface area contributed by atoms with Gasteiger partial charge in [0.1, 0.15) is 18.3 Å². The molecule has 1 amide bonds. The van der Waals surface area contributed by atoms with Gasteiger partial charge < -0.3 is 15.4 Å². The summed E-state index contributed by atoms with van der Waals surface area (Å²) >= 11 is 0. The van der Waals surface area contributed by atoms with Crippen LogP contribution in [0.2, 0.25) is 0 Å². The molecule has 17 heavy (non-hydrogen) atoms. The Morgan fingerprint density at radius 2 is 2.18 bits per heavy atom. The lowest BCUT2D eigenvalue weighted by Crippen LogP contribution is -2.54. The number of carbonyl (C=O) groups is 1. The van der Waals surface area contributed by atoms with Crippen molar-refractivity contribution in [1.29, 1.82) is 0 Å². The van der Waals surface area contributed by atoms with Crippen molar-refractivity contribution in [2.75, 3.05) is 26.2 Å². The average molecular weight is 232 g/mol. The Hall–Kier alpha value is -1.55. The second kappa shape index (κ2) is 4.04. The van der Waals surface area contributed by atoms with Crippen LogP contribution >= 0.6 is 0 Å². The normalized spacial score (nSPS) is 22.9. The van der Waals surface area contributed by atoms with Crippen molar-refractivity contribution in [3.05, 3.63) is 29.8 Å². The summed E-state index contributed by atoms with van der Waals surface area (Å²) in [7, 11) is 0. The zero-order valence-corrected chi connectivity index (χ0v) is 9.63. The minimum atomic E-state index is -0.120. The molecule has 0 saturated carbocycles. The number of hydrogen-bond acceptors (Lipinski definition) is 3. The number of ether oxygens (including phenoxy) is 1. The Bertz CT molecular complexity index is 441. The SMILES string of the molecule is NCC1CN(C(=O)C2COc3ccccc32)C1. The van der Waals surface area contributed by atoms with Crippen molar-refractivity contribution in [1.82, 2.24) is 4.90 Å². The van der Waals surface area contributed by atoms with Crippen molar-refractivity contribution in [2.24, 2.45) is 11.7 Å². The lowest BCUT2D eigenvalue weighted by atomic mass is 9.94. The Kier molecular flexibility index (Phi) is 2.52. The van der Waals surface area contributed by atoms with E-state index in [2.05, 4.69) is 0 Å². The van der Waals surface area contributed by atoms with Gasteiger partial charge in [-0.05, 0) is 12.6 Å². The molecule has 90 valence electrons. The molecule has 1 saturated heterocycles. The molecular formula is C13H16N2O2. The van der Waals surface area contributed by atoms with Gasteiger partial charge in [-0.1, -0.05) is 18.2 Å². The molecule has 3 rings (SSSR count). The molecule has 0 aromatic heterocycles. The van der Waals surface area contributed by atoms with Gasteiger partial charge in [-0.25, -0.2) is 0 Å². The number of fused-ring (bicyclic) bond motifs is 1. The predicted molar refractivity (Wildman–Crippen MR) is 63.8 cm³/mol. The second-order valence-corrected chi connectivity index (χ2v) is 4.75. The van der Waals surface area contributed by atoms with E-state index in [1.807, 2.05) is 29.2 Å². The summed E-state index contributed by atoms with van der Waals surface area (Å²) < 4.78 is 5.53. The third-order valence-electron chi connectivity index (χ3n) is 3.60. The fourth-order valence-electron chi connectivity index (χ4n) is 2.49. The number of benzene rings is 1. The second-order valence-electron chi connectivity index (χ2n) is 4.75. The molecule has 0 bridgehead atoms. The predicted octanol–water partition coefficient (Wildman–Crippen LogP) is 0.580. The number of hydrogen-bond donors (Lipinski definition) is 1. The van der Waals surface area contributed by atoms with Gasteiger partial charge in [-0.15, -0.1) is 0 Å². The minimum absolute atomic E-state index is 0.120. The molecule has 4 nitrogen and oxygen atoms in total. The van der Waals surface area contributed by atoms with Gasteiger partial charge in [0.2, 0.25) is 5.91 Å². The molecule has 2 N–H and O–H groups in total. The maximum absolute atomic E-state index is 12.3. The highest BCUT2D eigenvalue weighted by molar-refractivity contribution is 5.86. The van der Waals surface area contributed by atoms with Crippen LogP contribution in [0, 0.1) is 5.92 Å². The van der Waals surface area contributed by atoms with Crippen LogP contribution in [0.25, 0.3) is 0 Å². The van der Waals surface area contributed by atoms with E-state index in [4.69, 9.17) is 10.5 Å². The Labute approximate surface area is 100 Å². The minimum Gasteiger partial charge on any atom is -0.492 e. The summed E-state index contributed by atoms with van der Waals surface area (Å²) in [6.07, 6.45) is 0. The van der Waals surface area contributed by atoms with E-state index < -0.39 is 0 Å². The van der Waals surface area contributed by atoms with E-state index in [-0.39, 0.29) is 11.8 Å². The van der Waals surface area contributed by atoms with Crippen molar-refractivity contribution < 1.29 is 9.53 Å². The topological polar surface area (TPSA) is 55.6 Å². The molecule has 1 atom stereocenters. The molecule has 2 aliphatic heterocycles. The molecule has 2 aliphatic rings. The van der Waals surface area contributed by atoms with Crippen LogP contribution in [0.4, 0.5) is 0 Å². The Morgan fingerprint density at radius 1 is 1.41 bits per heavy atom. The number of nitrogens with zero attached hydrogens (tertiary/aromatic N) is 1. The van der Waals surface area contributed by atoms with Crippen LogP contribution < -0.4 is 10.5 Å². The first-order chi connectivity index (χ1) is 8.29. The largest absolute Gasteiger partial charge is 0.492 e. The van der Waals surface area contributed by atoms with Gasteiger partial charge >= 0.3 is 0 Å². The molecule has 4 heteroatoms. The van der Waals surface area contributed by atoms with E-state index in [1.54, 1.807) is 0 Å². The number of para-hydroxylation sites is 1. The highest BCUT2D eigenvalue weighted by atomic mass is 16.5. The average Bonchev–Trinajstić information content (AvgIpc) is 2.71. The summed E-state index contributed by atoms with van der Waals surface area (Å²) in [5.74, 6) is 1.39. The first-order valence-electron chi connectivity index (χ1n) is 6.00. The quantitative estimate of drug-likeness (QED) is 0.811. The van der Waals surface area contributed by atoms with Gasteiger partial charge in [0, 0.05) is 24.6 Å². The van der Waals surface area contributed by atoms with E-state index in [0.717, 1.165) is 24.4 Å². The van der Waals surface area contributed by atoms with E-state index in [0.29, 0.717) is 19.1 Å². The standard InChI is InChI=1S/C13H16N2O2/c14-5-9-6-15(7-9)13(16)11-8-17-12-4-2-1-3-10(11)12/h1-4,9,11H,5-8,14H2. The highest BCUT2D eigenvalue weighted by Crippen LogP contribution is 2.35. The van der Waals surface area contributed by atoms with Crippen molar-refractivity contribution in [3.63, 3.8) is 0 Å². The number of likely N-dealkylation sites (tertiary alicyclic amines) is 1. The van der Waals surface area contributed by atoms with E-state index in [9.17, 15) is 4.79 Å². The van der Waals surface area contributed by atoms with E-state index >= 15 is 0 Å². The molecule has 0 radical (unpaired) electrons. The molecule has 2 heterocycles. The van der Waals surface area contributed by atoms with Gasteiger partial charge in [0.25, 0.3) is 0 Å². The molecule has 0 aliphatic carbocycles. The Balaban J connectivity index is 1.73. The fourth-order valence-corrected chi connectivity index (χ4v) is 2.49. The zero-order valence-electron chi connectivity index (χ0n) is 9.63. The van der Waals surface area contributed by atoms with Crippen LogP contribution in [-0.2, 0) is 4.79 Å². The summed E-state index contributed by atoms with van der Waals surface area (Å²) in [5.41, 5.74) is 6.59.